The third-order valence-electron chi connectivity index (χ3n) is 2.73. The Labute approximate surface area is 93.7 Å². The lowest BCUT2D eigenvalue weighted by Crippen LogP contribution is -2.24. The summed E-state index contributed by atoms with van der Waals surface area (Å²) >= 11 is 1.56. The average molecular weight is 224 g/mol. The second-order valence-corrected chi connectivity index (χ2v) is 5.33. The molecule has 1 aliphatic rings. The Bertz CT molecular complexity index is 396. The molecule has 1 aromatic heterocycles. The van der Waals surface area contributed by atoms with Gasteiger partial charge in [0, 0.05) is 17.3 Å². The van der Waals surface area contributed by atoms with E-state index in [1.807, 2.05) is 13.8 Å². The van der Waals surface area contributed by atoms with Gasteiger partial charge >= 0.3 is 0 Å². The number of carbonyl (C=O) groups excluding carboxylic acids is 1. The Balaban J connectivity index is 2.46. The number of Topliss-reactive ketones (excluding diaryl/α,β-unsaturated/α-hetero) is 1. The van der Waals surface area contributed by atoms with Gasteiger partial charge in [-0.05, 0) is 18.5 Å². The van der Waals surface area contributed by atoms with Crippen molar-refractivity contribution in [3.63, 3.8) is 0 Å². The molecule has 2 rings (SSSR count). The predicted octanol–water partition coefficient (Wildman–Crippen LogP) is 1.81. The molecule has 2 heterocycles. The normalized spacial score (nSPS) is 15.4. The number of nitrogens with two attached hydrogens (primary N) is 1. The first-order valence-electron chi connectivity index (χ1n) is 5.26. The van der Waals surface area contributed by atoms with Crippen molar-refractivity contribution in [2.75, 3.05) is 12.3 Å². The zero-order valence-electron chi connectivity index (χ0n) is 9.09. The number of thiophene rings is 1. The number of carbonyl (C=O) groups is 1. The minimum atomic E-state index is 0.0286. The molecule has 0 radical (unpaired) electrons. The van der Waals surface area contributed by atoms with Crippen molar-refractivity contribution >= 4 is 22.1 Å². The Morgan fingerprint density at radius 2 is 2.27 bits per heavy atom. The largest absolute Gasteiger partial charge is 0.390 e. The van der Waals surface area contributed by atoms with Crippen LogP contribution in [0.1, 0.15) is 34.6 Å². The number of ketones is 1. The molecule has 0 unspecified atom stereocenters. The van der Waals surface area contributed by atoms with Crippen LogP contribution in [0.15, 0.2) is 0 Å². The van der Waals surface area contributed by atoms with Crippen LogP contribution in [0, 0.1) is 5.92 Å². The molecule has 1 aromatic rings. The first kappa shape index (κ1) is 10.6. The van der Waals surface area contributed by atoms with Gasteiger partial charge in [0.2, 0.25) is 0 Å². The van der Waals surface area contributed by atoms with E-state index in [2.05, 4.69) is 5.32 Å². The highest BCUT2D eigenvalue weighted by molar-refractivity contribution is 7.16. The van der Waals surface area contributed by atoms with Crippen LogP contribution in [0.5, 0.6) is 0 Å². The molecule has 0 aromatic carbocycles. The number of rotatable bonds is 2. The van der Waals surface area contributed by atoms with E-state index in [0.717, 1.165) is 25.1 Å². The van der Waals surface area contributed by atoms with Crippen molar-refractivity contribution in [3.8, 4) is 0 Å². The maximum Gasteiger partial charge on any atom is 0.168 e. The molecule has 0 amide bonds. The van der Waals surface area contributed by atoms with Crippen molar-refractivity contribution in [2.24, 2.45) is 5.92 Å². The lowest BCUT2D eigenvalue weighted by molar-refractivity contribution is 0.0939. The summed E-state index contributed by atoms with van der Waals surface area (Å²) < 4.78 is 0. The average Bonchev–Trinajstić information content (AvgIpc) is 2.52. The smallest absolute Gasteiger partial charge is 0.168 e. The molecule has 0 fully saturated rings. The van der Waals surface area contributed by atoms with E-state index >= 15 is 0 Å². The van der Waals surface area contributed by atoms with E-state index in [1.54, 1.807) is 11.3 Å². The topological polar surface area (TPSA) is 55.1 Å². The van der Waals surface area contributed by atoms with Crippen LogP contribution < -0.4 is 11.1 Å². The van der Waals surface area contributed by atoms with Crippen LogP contribution >= 0.6 is 11.3 Å². The van der Waals surface area contributed by atoms with Gasteiger partial charge in [0.1, 0.15) is 0 Å². The van der Waals surface area contributed by atoms with Gasteiger partial charge < -0.3 is 11.1 Å². The fourth-order valence-electron chi connectivity index (χ4n) is 1.91. The Morgan fingerprint density at radius 1 is 1.53 bits per heavy atom. The number of nitrogens with one attached hydrogen (secondary N) is 1. The Kier molecular flexibility index (Phi) is 2.80. The molecule has 0 saturated heterocycles. The minimum absolute atomic E-state index is 0.0286. The van der Waals surface area contributed by atoms with Gasteiger partial charge in [-0.3, -0.25) is 4.79 Å². The van der Waals surface area contributed by atoms with E-state index in [9.17, 15) is 4.79 Å². The van der Waals surface area contributed by atoms with Gasteiger partial charge in [-0.2, -0.15) is 0 Å². The number of nitrogen functional groups attached to an aromatic ring is 1. The van der Waals surface area contributed by atoms with Crippen LogP contribution in [-0.4, -0.2) is 12.3 Å². The number of anilines is 1. The zero-order chi connectivity index (χ0) is 11.0. The summed E-state index contributed by atoms with van der Waals surface area (Å²) in [5.41, 5.74) is 7.92. The Hall–Kier alpha value is -0.870. The summed E-state index contributed by atoms with van der Waals surface area (Å²) in [6.07, 6.45) is 0.927. The highest BCUT2D eigenvalue weighted by atomic mass is 32.1. The summed E-state index contributed by atoms with van der Waals surface area (Å²) in [7, 11) is 0. The zero-order valence-corrected chi connectivity index (χ0v) is 9.91. The number of fused-ring (bicyclic) bond motifs is 1. The van der Waals surface area contributed by atoms with Gasteiger partial charge in [-0.15, -0.1) is 11.3 Å². The van der Waals surface area contributed by atoms with E-state index in [4.69, 9.17) is 5.73 Å². The second kappa shape index (κ2) is 3.94. The van der Waals surface area contributed by atoms with Crippen molar-refractivity contribution in [1.82, 2.24) is 5.32 Å². The first-order chi connectivity index (χ1) is 7.11. The quantitative estimate of drug-likeness (QED) is 0.753. The molecule has 0 spiro atoms. The summed E-state index contributed by atoms with van der Waals surface area (Å²) in [6, 6.07) is 0. The minimum Gasteiger partial charge on any atom is -0.390 e. The standard InChI is InChI=1S/C11H16N2OS/c1-6(2)10(14)9-7-3-4-13-5-8(7)15-11(9)12/h6,13H,3-5,12H2,1-2H3. The molecule has 0 aliphatic carbocycles. The molecule has 3 N–H and O–H groups in total. The van der Waals surface area contributed by atoms with E-state index in [0.29, 0.717) is 5.00 Å². The fourth-order valence-corrected chi connectivity index (χ4v) is 3.01. The molecular formula is C11H16N2OS. The SMILES string of the molecule is CC(C)C(=O)c1c(N)sc2c1CCNC2. The van der Waals surface area contributed by atoms with Crippen LogP contribution in [-0.2, 0) is 13.0 Å². The van der Waals surface area contributed by atoms with Crippen molar-refractivity contribution < 1.29 is 4.79 Å². The van der Waals surface area contributed by atoms with Crippen LogP contribution in [0.25, 0.3) is 0 Å². The summed E-state index contributed by atoms with van der Waals surface area (Å²) in [5.74, 6) is 0.216. The lowest BCUT2D eigenvalue weighted by Gasteiger charge is -2.14. The van der Waals surface area contributed by atoms with Crippen LogP contribution in [0.4, 0.5) is 5.00 Å². The first-order valence-corrected chi connectivity index (χ1v) is 6.08. The third-order valence-corrected chi connectivity index (χ3v) is 3.79. The highest BCUT2D eigenvalue weighted by Gasteiger charge is 2.24. The monoisotopic (exact) mass is 224 g/mol. The number of hydrogen-bond acceptors (Lipinski definition) is 4. The van der Waals surface area contributed by atoms with Gasteiger partial charge in [-0.1, -0.05) is 13.8 Å². The highest BCUT2D eigenvalue weighted by Crippen LogP contribution is 2.34. The van der Waals surface area contributed by atoms with E-state index < -0.39 is 0 Å². The van der Waals surface area contributed by atoms with Crippen LogP contribution in [0.3, 0.4) is 0 Å². The molecule has 1 aliphatic heterocycles. The molecule has 0 bridgehead atoms. The second-order valence-electron chi connectivity index (χ2n) is 4.19. The fraction of sp³-hybridized carbons (Fsp3) is 0.545. The molecule has 4 heteroatoms. The molecule has 0 atom stereocenters. The molecule has 82 valence electrons. The lowest BCUT2D eigenvalue weighted by atomic mass is 9.95. The Morgan fingerprint density at radius 3 is 2.93 bits per heavy atom. The molecule has 3 nitrogen and oxygen atoms in total. The van der Waals surface area contributed by atoms with Gasteiger partial charge in [-0.25, -0.2) is 0 Å². The van der Waals surface area contributed by atoms with Crippen molar-refractivity contribution in [1.29, 1.82) is 0 Å². The molecule has 15 heavy (non-hydrogen) atoms. The summed E-state index contributed by atoms with van der Waals surface area (Å²) in [6.45, 7) is 5.65. The van der Waals surface area contributed by atoms with Crippen molar-refractivity contribution in [3.05, 3.63) is 16.0 Å². The number of hydrogen-bond donors (Lipinski definition) is 2. The molecular weight excluding hydrogens is 208 g/mol. The van der Waals surface area contributed by atoms with Crippen molar-refractivity contribution in [2.45, 2.75) is 26.8 Å². The van der Waals surface area contributed by atoms with Crippen LogP contribution in [0.2, 0.25) is 0 Å². The summed E-state index contributed by atoms with van der Waals surface area (Å²) in [5, 5.41) is 3.99. The third kappa shape index (κ3) is 1.79. The van der Waals surface area contributed by atoms with Gasteiger partial charge in [0.05, 0.1) is 10.6 Å². The maximum atomic E-state index is 12.0. The van der Waals surface area contributed by atoms with Gasteiger partial charge in [0.25, 0.3) is 0 Å². The van der Waals surface area contributed by atoms with Gasteiger partial charge in [0.15, 0.2) is 5.78 Å². The van der Waals surface area contributed by atoms with E-state index in [1.165, 1.54) is 10.4 Å². The predicted molar refractivity (Wildman–Crippen MR) is 63.3 cm³/mol. The maximum absolute atomic E-state index is 12.0. The summed E-state index contributed by atoms with van der Waals surface area (Å²) in [4.78, 5) is 13.2. The molecule has 0 saturated carbocycles. The van der Waals surface area contributed by atoms with E-state index in [-0.39, 0.29) is 11.7 Å².